The highest BCUT2D eigenvalue weighted by atomic mass is 19.1. The summed E-state index contributed by atoms with van der Waals surface area (Å²) in [4.78, 5) is 0. The number of hydrogen-bond acceptors (Lipinski definition) is 2. The van der Waals surface area contributed by atoms with Gasteiger partial charge in [0.2, 0.25) is 0 Å². The summed E-state index contributed by atoms with van der Waals surface area (Å²) in [6.07, 6.45) is 2.46. The normalized spacial score (nSPS) is 18.4. The second-order valence-corrected chi connectivity index (χ2v) is 4.56. The third-order valence-corrected chi connectivity index (χ3v) is 3.30. The van der Waals surface area contributed by atoms with Gasteiger partial charge in [-0.3, -0.25) is 4.68 Å². The summed E-state index contributed by atoms with van der Waals surface area (Å²) in [6.45, 7) is 7.52. The molecule has 2 heterocycles. The molecule has 1 aliphatic rings. The van der Waals surface area contributed by atoms with Crippen LogP contribution in [0.4, 0.5) is 4.39 Å². The molecule has 0 radical (unpaired) electrons. The molecule has 3 rings (SSSR count). The molecule has 0 spiro atoms. The number of aromatic nitrogens is 2. The lowest BCUT2D eigenvalue weighted by molar-refractivity contribution is 0.0950. The first kappa shape index (κ1) is 14.0. The van der Waals surface area contributed by atoms with Crippen molar-refractivity contribution < 1.29 is 9.13 Å². The fourth-order valence-corrected chi connectivity index (χ4v) is 2.43. The Morgan fingerprint density at radius 3 is 2.89 bits per heavy atom. The predicted molar refractivity (Wildman–Crippen MR) is 74.8 cm³/mol. The number of aryl methyl sites for hydroxylation is 1. The van der Waals surface area contributed by atoms with Crippen molar-refractivity contribution in [1.82, 2.24) is 9.78 Å². The van der Waals surface area contributed by atoms with E-state index < -0.39 is 0 Å². The Bertz CT molecular complexity index is 544. The Kier molecular flexibility index (Phi) is 4.53. The summed E-state index contributed by atoms with van der Waals surface area (Å²) in [7, 11) is 0. The maximum absolute atomic E-state index is 13.2. The van der Waals surface area contributed by atoms with Crippen molar-refractivity contribution in [1.29, 1.82) is 0 Å². The van der Waals surface area contributed by atoms with Crippen molar-refractivity contribution in [2.45, 2.75) is 46.3 Å². The topological polar surface area (TPSA) is 27.1 Å². The molecule has 0 bridgehead atoms. The molecule has 0 amide bonds. The second-order valence-electron chi connectivity index (χ2n) is 4.56. The highest BCUT2D eigenvalue weighted by molar-refractivity contribution is 5.81. The lowest BCUT2D eigenvalue weighted by atomic mass is 10.2. The molecule has 1 atom stereocenters. The molecule has 1 fully saturated rings. The molecule has 1 aliphatic heterocycles. The third-order valence-electron chi connectivity index (χ3n) is 3.30. The molecular formula is C15H21FN2O. The molecule has 3 nitrogen and oxygen atoms in total. The quantitative estimate of drug-likeness (QED) is 0.827. The van der Waals surface area contributed by atoms with Crippen LogP contribution in [0.3, 0.4) is 0 Å². The smallest absolute Gasteiger partial charge is 0.124 e. The van der Waals surface area contributed by atoms with E-state index in [2.05, 4.69) is 5.10 Å². The molecule has 1 aromatic carbocycles. The van der Waals surface area contributed by atoms with E-state index in [4.69, 9.17) is 4.74 Å². The van der Waals surface area contributed by atoms with Crippen LogP contribution in [-0.2, 0) is 11.3 Å². The number of halogens is 1. The number of rotatable bonds is 2. The molecule has 104 valence electrons. The maximum Gasteiger partial charge on any atom is 0.124 e. The van der Waals surface area contributed by atoms with Gasteiger partial charge < -0.3 is 4.74 Å². The van der Waals surface area contributed by atoms with Gasteiger partial charge in [-0.25, -0.2) is 4.39 Å². The maximum atomic E-state index is 13.2. The van der Waals surface area contributed by atoms with Gasteiger partial charge in [0.05, 0.1) is 23.9 Å². The average Bonchev–Trinajstić information content (AvgIpc) is 3.02. The van der Waals surface area contributed by atoms with Crippen LogP contribution in [0.2, 0.25) is 0 Å². The predicted octanol–water partition coefficient (Wildman–Crippen LogP) is 3.69. The van der Waals surface area contributed by atoms with E-state index in [0.717, 1.165) is 42.6 Å². The lowest BCUT2D eigenvalue weighted by Crippen LogP contribution is -2.15. The molecule has 0 aliphatic carbocycles. The van der Waals surface area contributed by atoms with Gasteiger partial charge in [-0.1, -0.05) is 13.8 Å². The fraction of sp³-hybridized carbons (Fsp3) is 0.533. The molecule has 1 saturated heterocycles. The average molecular weight is 264 g/mol. The van der Waals surface area contributed by atoms with Crippen molar-refractivity contribution in [3.63, 3.8) is 0 Å². The van der Waals surface area contributed by atoms with Gasteiger partial charge >= 0.3 is 0 Å². The molecule has 0 saturated carbocycles. The fourth-order valence-electron chi connectivity index (χ4n) is 2.43. The number of fused-ring (bicyclic) bond motifs is 1. The van der Waals surface area contributed by atoms with E-state index in [1.807, 2.05) is 25.5 Å². The summed E-state index contributed by atoms with van der Waals surface area (Å²) >= 11 is 0. The summed E-state index contributed by atoms with van der Waals surface area (Å²) in [6, 6.07) is 4.82. The number of hydrogen-bond donors (Lipinski definition) is 0. The standard InChI is InChI=1S/C13H15FN2O.C2H6/c1-9-12-7-10(14)4-5-13(12)16(15-9)8-11-3-2-6-17-11;1-2/h4-5,7,11H,2-3,6,8H2,1H3;1-2H3. The van der Waals surface area contributed by atoms with Crippen LogP contribution in [0.5, 0.6) is 0 Å². The molecular weight excluding hydrogens is 243 g/mol. The summed E-state index contributed by atoms with van der Waals surface area (Å²) < 4.78 is 20.7. The largest absolute Gasteiger partial charge is 0.376 e. The molecule has 1 aromatic heterocycles. The zero-order chi connectivity index (χ0) is 13.8. The molecule has 1 unspecified atom stereocenters. The van der Waals surface area contributed by atoms with E-state index in [1.165, 1.54) is 6.07 Å². The van der Waals surface area contributed by atoms with Crippen LogP contribution in [0.25, 0.3) is 10.9 Å². The van der Waals surface area contributed by atoms with Crippen molar-refractivity contribution in [2.24, 2.45) is 0 Å². The number of ether oxygens (including phenoxy) is 1. The first-order chi connectivity index (χ1) is 9.24. The Morgan fingerprint density at radius 2 is 2.21 bits per heavy atom. The Labute approximate surface area is 113 Å². The van der Waals surface area contributed by atoms with E-state index >= 15 is 0 Å². The van der Waals surface area contributed by atoms with Gasteiger partial charge in [0.1, 0.15) is 5.82 Å². The van der Waals surface area contributed by atoms with Crippen LogP contribution in [0, 0.1) is 12.7 Å². The molecule has 19 heavy (non-hydrogen) atoms. The van der Waals surface area contributed by atoms with E-state index in [0.29, 0.717) is 0 Å². The third kappa shape index (κ3) is 2.95. The van der Waals surface area contributed by atoms with Gasteiger partial charge in [-0.05, 0) is 38.0 Å². The van der Waals surface area contributed by atoms with Crippen molar-refractivity contribution in [2.75, 3.05) is 6.61 Å². The minimum absolute atomic E-state index is 0.211. The van der Waals surface area contributed by atoms with Crippen LogP contribution in [-0.4, -0.2) is 22.5 Å². The summed E-state index contributed by atoms with van der Waals surface area (Å²) in [5.41, 5.74) is 1.86. The Morgan fingerprint density at radius 1 is 1.42 bits per heavy atom. The SMILES string of the molecule is CC.Cc1nn(CC2CCCO2)c2ccc(F)cc12. The van der Waals surface area contributed by atoms with E-state index in [9.17, 15) is 4.39 Å². The second kappa shape index (κ2) is 6.15. The number of benzene rings is 1. The molecule has 2 aromatic rings. The van der Waals surface area contributed by atoms with Gasteiger partial charge in [-0.15, -0.1) is 0 Å². The monoisotopic (exact) mass is 264 g/mol. The minimum atomic E-state index is -0.211. The Balaban J connectivity index is 0.000000637. The van der Waals surface area contributed by atoms with Crippen molar-refractivity contribution in [3.8, 4) is 0 Å². The summed E-state index contributed by atoms with van der Waals surface area (Å²) in [5, 5.41) is 5.36. The van der Waals surface area contributed by atoms with Crippen LogP contribution in [0.15, 0.2) is 18.2 Å². The highest BCUT2D eigenvalue weighted by Gasteiger charge is 2.18. The zero-order valence-electron chi connectivity index (χ0n) is 11.8. The van der Waals surface area contributed by atoms with Crippen molar-refractivity contribution in [3.05, 3.63) is 29.7 Å². The molecule has 0 N–H and O–H groups in total. The first-order valence-corrected chi connectivity index (χ1v) is 6.98. The highest BCUT2D eigenvalue weighted by Crippen LogP contribution is 2.21. The van der Waals surface area contributed by atoms with Crippen molar-refractivity contribution >= 4 is 10.9 Å². The van der Waals surface area contributed by atoms with Gasteiger partial charge in [-0.2, -0.15) is 5.10 Å². The van der Waals surface area contributed by atoms with Gasteiger partial charge in [0.25, 0.3) is 0 Å². The number of nitrogens with zero attached hydrogens (tertiary/aromatic N) is 2. The van der Waals surface area contributed by atoms with Crippen LogP contribution < -0.4 is 0 Å². The van der Waals surface area contributed by atoms with Gasteiger partial charge in [0.15, 0.2) is 0 Å². The zero-order valence-corrected chi connectivity index (χ0v) is 11.8. The first-order valence-electron chi connectivity index (χ1n) is 6.98. The Hall–Kier alpha value is -1.42. The van der Waals surface area contributed by atoms with Crippen LogP contribution >= 0.6 is 0 Å². The summed E-state index contributed by atoms with van der Waals surface area (Å²) in [5.74, 6) is -0.211. The van der Waals surface area contributed by atoms with E-state index in [-0.39, 0.29) is 11.9 Å². The van der Waals surface area contributed by atoms with Gasteiger partial charge in [0, 0.05) is 12.0 Å². The minimum Gasteiger partial charge on any atom is -0.376 e. The van der Waals surface area contributed by atoms with Crippen LogP contribution in [0.1, 0.15) is 32.4 Å². The lowest BCUT2D eigenvalue weighted by Gasteiger charge is -2.10. The molecule has 4 heteroatoms. The van der Waals surface area contributed by atoms with E-state index in [1.54, 1.807) is 12.1 Å².